The van der Waals surface area contributed by atoms with Crippen LogP contribution in [0.3, 0.4) is 0 Å². The number of piperidine rings is 1. The summed E-state index contributed by atoms with van der Waals surface area (Å²) in [5, 5.41) is 5.48. The van der Waals surface area contributed by atoms with Crippen molar-refractivity contribution in [3.63, 3.8) is 0 Å². The molecule has 0 atom stereocenters. The van der Waals surface area contributed by atoms with Gasteiger partial charge in [0.25, 0.3) is 5.91 Å². The number of nitrogens with one attached hydrogen (secondary N) is 2. The highest BCUT2D eigenvalue weighted by Gasteiger charge is 2.31. The molecule has 0 saturated carbocycles. The zero-order chi connectivity index (χ0) is 32.4. The number of aryl methyl sites for hydroxylation is 1. The maximum atomic E-state index is 13.4. The van der Waals surface area contributed by atoms with E-state index in [-0.39, 0.29) is 24.4 Å². The molecule has 0 aliphatic carbocycles. The van der Waals surface area contributed by atoms with Gasteiger partial charge in [0.15, 0.2) is 0 Å². The van der Waals surface area contributed by atoms with Gasteiger partial charge in [-0.05, 0) is 60.4 Å². The molecule has 0 aromatic heterocycles. The smallest absolute Gasteiger partial charge is 0.490 e. The van der Waals surface area contributed by atoms with Gasteiger partial charge in [0.2, 0.25) is 0 Å². The van der Waals surface area contributed by atoms with Gasteiger partial charge in [-0.3, -0.25) is 9.59 Å². The van der Waals surface area contributed by atoms with Crippen molar-refractivity contribution in [2.75, 3.05) is 31.6 Å². The van der Waals surface area contributed by atoms with Gasteiger partial charge < -0.3 is 29.7 Å². The fourth-order valence-electron chi connectivity index (χ4n) is 4.92. The van der Waals surface area contributed by atoms with E-state index in [4.69, 9.17) is 9.47 Å². The third-order valence-electron chi connectivity index (χ3n) is 7.16. The number of carbonyl (C=O) groups is 3. The Morgan fingerprint density at radius 1 is 0.956 bits per heavy atom. The van der Waals surface area contributed by atoms with Crippen molar-refractivity contribution in [3.05, 3.63) is 77.9 Å². The second kappa shape index (κ2) is 15.3. The molecule has 0 spiro atoms. The molecule has 1 aliphatic heterocycles. The predicted octanol–water partition coefficient (Wildman–Crippen LogP) is 6.71. The van der Waals surface area contributed by atoms with Gasteiger partial charge in [-0.15, -0.1) is 13.2 Å². The number of anilines is 1. The third kappa shape index (κ3) is 9.88. The Labute approximate surface area is 259 Å². The lowest BCUT2D eigenvalue weighted by Crippen LogP contribution is -2.47. The number of ether oxygens (including phenoxy) is 3. The van der Waals surface area contributed by atoms with Crippen molar-refractivity contribution in [2.45, 2.75) is 52.0 Å². The monoisotopic (exact) mass is 627 g/mol. The van der Waals surface area contributed by atoms with Gasteiger partial charge >= 0.3 is 18.4 Å². The molecule has 240 valence electrons. The number of esters is 1. The summed E-state index contributed by atoms with van der Waals surface area (Å²) in [6, 6.07) is 17.2. The second-order valence-electron chi connectivity index (χ2n) is 10.6. The molecule has 1 aliphatic rings. The molecule has 4 rings (SSSR count). The average molecular weight is 628 g/mol. The molecule has 0 unspecified atom stereocenters. The molecule has 45 heavy (non-hydrogen) atoms. The van der Waals surface area contributed by atoms with Gasteiger partial charge in [0, 0.05) is 43.2 Å². The van der Waals surface area contributed by atoms with E-state index in [1.165, 1.54) is 24.3 Å². The van der Waals surface area contributed by atoms with E-state index in [2.05, 4.69) is 15.4 Å². The number of hydrogen-bond donors (Lipinski definition) is 2. The molecule has 0 radical (unpaired) electrons. The molecule has 9 nitrogen and oxygen atoms in total. The molecule has 3 aromatic rings. The fraction of sp³-hybridized carbons (Fsp3) is 0.364. The Bertz CT molecular complexity index is 1470. The van der Waals surface area contributed by atoms with Crippen molar-refractivity contribution in [1.29, 1.82) is 0 Å². The number of urea groups is 1. The molecule has 1 saturated heterocycles. The van der Waals surface area contributed by atoms with Crippen LogP contribution in [0.2, 0.25) is 0 Å². The van der Waals surface area contributed by atoms with E-state index in [1.807, 2.05) is 19.9 Å². The van der Waals surface area contributed by atoms with Gasteiger partial charge in [-0.1, -0.05) is 43.7 Å². The third-order valence-corrected chi connectivity index (χ3v) is 7.16. The number of carbonyl (C=O) groups excluding carboxylic acids is 3. The number of alkyl halides is 3. The van der Waals surface area contributed by atoms with Crippen molar-refractivity contribution in [2.24, 2.45) is 0 Å². The van der Waals surface area contributed by atoms with E-state index < -0.39 is 18.2 Å². The lowest BCUT2D eigenvalue weighted by atomic mass is 9.94. The maximum absolute atomic E-state index is 13.4. The summed E-state index contributed by atoms with van der Waals surface area (Å²) in [5.41, 5.74) is 2.78. The van der Waals surface area contributed by atoms with Crippen LogP contribution >= 0.6 is 0 Å². The first-order valence-electron chi connectivity index (χ1n) is 14.7. The average Bonchev–Trinajstić information content (AvgIpc) is 3.00. The molecule has 3 aromatic carbocycles. The lowest BCUT2D eigenvalue weighted by Gasteiger charge is -2.32. The quantitative estimate of drug-likeness (QED) is 0.181. The molecular formula is C33H36F3N3O6. The highest BCUT2D eigenvalue weighted by Crippen LogP contribution is 2.32. The molecule has 0 bridgehead atoms. The second-order valence-corrected chi connectivity index (χ2v) is 10.6. The minimum atomic E-state index is -4.80. The lowest BCUT2D eigenvalue weighted by molar-refractivity contribution is -0.274. The number of rotatable bonds is 11. The van der Waals surface area contributed by atoms with Crippen molar-refractivity contribution in [3.8, 4) is 22.6 Å². The van der Waals surface area contributed by atoms with Crippen LogP contribution in [0.4, 0.5) is 23.7 Å². The van der Waals surface area contributed by atoms with Gasteiger partial charge in [0.05, 0.1) is 6.61 Å². The predicted molar refractivity (Wildman–Crippen MR) is 162 cm³/mol. The first-order valence-corrected chi connectivity index (χ1v) is 14.7. The summed E-state index contributed by atoms with van der Waals surface area (Å²) >= 11 is 0. The Hall–Kier alpha value is -4.74. The summed E-state index contributed by atoms with van der Waals surface area (Å²) in [4.78, 5) is 39.2. The summed E-state index contributed by atoms with van der Waals surface area (Å²) in [5.74, 6) is -0.657. The molecule has 1 heterocycles. The van der Waals surface area contributed by atoms with Crippen LogP contribution in [0.1, 0.15) is 48.5 Å². The first kappa shape index (κ1) is 33.2. The Kier molecular flexibility index (Phi) is 11.3. The van der Waals surface area contributed by atoms with Crippen molar-refractivity contribution in [1.82, 2.24) is 10.2 Å². The van der Waals surface area contributed by atoms with Crippen LogP contribution in [0.15, 0.2) is 66.7 Å². The minimum absolute atomic E-state index is 0.147. The number of likely N-dealkylation sites (tertiary alicyclic amines) is 1. The highest BCUT2D eigenvalue weighted by molar-refractivity contribution is 6.09. The minimum Gasteiger partial charge on any atom is -0.490 e. The summed E-state index contributed by atoms with van der Waals surface area (Å²) < 4.78 is 52.9. The Morgan fingerprint density at radius 3 is 2.36 bits per heavy atom. The topological polar surface area (TPSA) is 106 Å². The number of benzene rings is 3. The van der Waals surface area contributed by atoms with E-state index in [1.54, 1.807) is 41.3 Å². The SMILES string of the molecule is CCCCOC(=O)CNC(=O)N1CCC(Oc2cccc(NC(=O)c3cccc(C)c3-c3ccc(OC(F)(F)F)cc3)c2)CC1. The van der Waals surface area contributed by atoms with E-state index in [9.17, 15) is 27.6 Å². The van der Waals surface area contributed by atoms with E-state index >= 15 is 0 Å². The maximum Gasteiger partial charge on any atom is 0.573 e. The van der Waals surface area contributed by atoms with Gasteiger partial charge in [-0.25, -0.2) is 4.79 Å². The van der Waals surface area contributed by atoms with Crippen LogP contribution in [0, 0.1) is 6.92 Å². The molecule has 1 fully saturated rings. The largest absolute Gasteiger partial charge is 0.573 e. The highest BCUT2D eigenvalue weighted by atomic mass is 19.4. The molecule has 3 amide bonds. The zero-order valence-corrected chi connectivity index (χ0v) is 25.1. The molecule has 2 N–H and O–H groups in total. The number of amides is 3. The van der Waals surface area contributed by atoms with Gasteiger partial charge in [0.1, 0.15) is 24.1 Å². The van der Waals surface area contributed by atoms with E-state index in [0.29, 0.717) is 60.7 Å². The number of halogens is 3. The Morgan fingerprint density at radius 2 is 1.67 bits per heavy atom. The summed E-state index contributed by atoms with van der Waals surface area (Å²) in [7, 11) is 0. The normalized spacial score (nSPS) is 13.6. The fourth-order valence-corrected chi connectivity index (χ4v) is 4.92. The van der Waals surface area contributed by atoms with Gasteiger partial charge in [-0.2, -0.15) is 0 Å². The Balaban J connectivity index is 1.33. The number of hydrogen-bond acceptors (Lipinski definition) is 6. The standard InChI is InChI=1S/C33H36F3N3O6/c1-3-4-19-43-29(40)21-37-32(42)39-17-15-25(16-18-39)44-27-9-6-8-24(20-27)38-31(41)28-10-5-7-22(2)30(28)23-11-13-26(14-12-23)45-33(34,35)36/h5-14,20,25H,3-4,15-19,21H2,1-2H3,(H,37,42)(H,38,41). The zero-order valence-electron chi connectivity index (χ0n) is 25.1. The van der Waals surface area contributed by atoms with Crippen LogP contribution < -0.4 is 20.1 Å². The molecular weight excluding hydrogens is 591 g/mol. The number of unbranched alkanes of at least 4 members (excludes halogenated alkanes) is 1. The van der Waals surface area contributed by atoms with Crippen molar-refractivity contribution >= 4 is 23.6 Å². The van der Waals surface area contributed by atoms with Crippen LogP contribution in [0.25, 0.3) is 11.1 Å². The first-order chi connectivity index (χ1) is 21.5. The van der Waals surface area contributed by atoms with Crippen LogP contribution in [-0.2, 0) is 9.53 Å². The number of nitrogens with zero attached hydrogens (tertiary/aromatic N) is 1. The van der Waals surface area contributed by atoms with Crippen molar-refractivity contribution < 1.29 is 41.8 Å². The van der Waals surface area contributed by atoms with E-state index in [0.717, 1.165) is 18.4 Å². The summed E-state index contributed by atoms with van der Waals surface area (Å²) in [6.07, 6.45) is -2.08. The van der Waals surface area contributed by atoms with Crippen LogP contribution in [0.5, 0.6) is 11.5 Å². The molecule has 12 heteroatoms. The van der Waals surface area contributed by atoms with Crippen LogP contribution in [-0.4, -0.2) is 61.5 Å². The summed E-state index contributed by atoms with van der Waals surface area (Å²) in [6.45, 7) is 4.89.